The number of unbranched alkanes of at least 4 members (excludes halogenated alkanes) is 38. The summed E-state index contributed by atoms with van der Waals surface area (Å²) in [6, 6.07) is 0. The molecule has 0 radical (unpaired) electrons. The zero-order valence-electron chi connectivity index (χ0n) is 43.8. The Morgan fingerprint density at radius 2 is 0.508 bits per heavy atom. The molecule has 0 unspecified atom stereocenters. The van der Waals surface area contributed by atoms with E-state index < -0.39 is 6.10 Å². The molecule has 0 aromatic heterocycles. The summed E-state index contributed by atoms with van der Waals surface area (Å²) < 4.78 is 16.9. The Kier molecular flexibility index (Phi) is 52.7. The lowest BCUT2D eigenvalue weighted by molar-refractivity contribution is -0.167. The maximum absolute atomic E-state index is 12.8. The zero-order valence-corrected chi connectivity index (χ0v) is 43.8. The summed E-state index contributed by atoms with van der Waals surface area (Å²) >= 11 is 0. The minimum atomic E-state index is -0.772. The van der Waals surface area contributed by atoms with Crippen molar-refractivity contribution in [1.82, 2.24) is 0 Å². The third-order valence-electron chi connectivity index (χ3n) is 12.9. The van der Waals surface area contributed by atoms with Crippen LogP contribution in [0.1, 0.15) is 316 Å². The normalized spacial score (nSPS) is 12.1. The highest BCUT2D eigenvalue weighted by molar-refractivity contribution is 5.71. The number of carbonyl (C=O) groups is 3. The summed E-state index contributed by atoms with van der Waals surface area (Å²) in [5, 5.41) is 0. The van der Waals surface area contributed by atoms with E-state index in [-0.39, 0.29) is 31.1 Å². The van der Waals surface area contributed by atoms with E-state index in [0.29, 0.717) is 19.3 Å². The maximum atomic E-state index is 12.8. The van der Waals surface area contributed by atoms with Gasteiger partial charge < -0.3 is 14.2 Å². The number of hydrogen-bond acceptors (Lipinski definition) is 6. The van der Waals surface area contributed by atoms with Crippen LogP contribution in [0.2, 0.25) is 0 Å². The molecule has 0 aliphatic carbocycles. The smallest absolute Gasteiger partial charge is 0.306 e. The highest BCUT2D eigenvalue weighted by Gasteiger charge is 2.19. The standard InChI is InChI=1S/C59H110O6/c1-4-7-10-13-16-19-22-25-27-28-29-30-32-34-37-40-43-46-49-52-58(61)64-55-56(54-63-57(60)51-48-45-42-39-36-33-24-21-18-15-12-9-6-3)65-59(62)53-50-47-44-41-38-35-31-26-23-20-17-14-11-8-5-2/h21,24,28-29,56H,4-20,22-23,25-27,30-55H2,1-3H3/b24-21-,29-28-/t56-/m1/s1. The summed E-state index contributed by atoms with van der Waals surface area (Å²) in [5.74, 6) is -0.865. The third kappa shape index (κ3) is 52.7. The number of allylic oxidation sites excluding steroid dienone is 4. The number of carbonyl (C=O) groups excluding carboxylic acids is 3. The molecule has 0 aromatic rings. The lowest BCUT2D eigenvalue weighted by atomic mass is 10.0. The fourth-order valence-electron chi connectivity index (χ4n) is 8.55. The molecule has 0 aliphatic heterocycles. The van der Waals surface area contributed by atoms with Gasteiger partial charge in [-0.2, -0.15) is 0 Å². The first-order chi connectivity index (χ1) is 32.0. The van der Waals surface area contributed by atoms with E-state index in [2.05, 4.69) is 45.1 Å². The van der Waals surface area contributed by atoms with Crippen molar-refractivity contribution in [2.24, 2.45) is 0 Å². The first-order valence-corrected chi connectivity index (χ1v) is 28.8. The molecular formula is C59H110O6. The molecule has 6 heteroatoms. The Morgan fingerprint density at radius 1 is 0.292 bits per heavy atom. The Bertz CT molecular complexity index is 1050. The van der Waals surface area contributed by atoms with Crippen molar-refractivity contribution in [3.05, 3.63) is 24.3 Å². The van der Waals surface area contributed by atoms with Gasteiger partial charge in [0.25, 0.3) is 0 Å². The SMILES string of the molecule is CCCCCC/C=C\CCCCCCCC(=O)OC[C@H](COC(=O)CCCCCCCCC/C=C\CCCCCCCCCC)OC(=O)CCCCCCCCCCCCCCCCC. The van der Waals surface area contributed by atoms with Gasteiger partial charge in [-0.15, -0.1) is 0 Å². The molecule has 0 aliphatic rings. The molecule has 0 aromatic carbocycles. The van der Waals surface area contributed by atoms with Gasteiger partial charge in [0.1, 0.15) is 13.2 Å². The van der Waals surface area contributed by atoms with E-state index in [1.165, 1.54) is 212 Å². The van der Waals surface area contributed by atoms with Gasteiger partial charge in [0, 0.05) is 19.3 Å². The molecular weight excluding hydrogens is 805 g/mol. The van der Waals surface area contributed by atoms with Crippen molar-refractivity contribution in [2.75, 3.05) is 13.2 Å². The highest BCUT2D eigenvalue weighted by Crippen LogP contribution is 2.16. The average Bonchev–Trinajstić information content (AvgIpc) is 3.30. The predicted octanol–water partition coefficient (Wildman–Crippen LogP) is 19.1. The predicted molar refractivity (Wildman–Crippen MR) is 279 cm³/mol. The van der Waals surface area contributed by atoms with E-state index in [4.69, 9.17) is 14.2 Å². The van der Waals surface area contributed by atoms with Gasteiger partial charge in [-0.25, -0.2) is 0 Å². The summed E-state index contributed by atoms with van der Waals surface area (Å²) in [6.45, 7) is 6.66. The molecule has 6 nitrogen and oxygen atoms in total. The van der Waals surface area contributed by atoms with Crippen LogP contribution in [-0.4, -0.2) is 37.2 Å². The van der Waals surface area contributed by atoms with Crippen LogP contribution in [0, 0.1) is 0 Å². The van der Waals surface area contributed by atoms with Gasteiger partial charge in [-0.3, -0.25) is 14.4 Å². The monoisotopic (exact) mass is 915 g/mol. The minimum absolute atomic E-state index is 0.0720. The Morgan fingerprint density at radius 3 is 0.785 bits per heavy atom. The van der Waals surface area contributed by atoms with Crippen molar-refractivity contribution in [2.45, 2.75) is 322 Å². The second-order valence-electron chi connectivity index (χ2n) is 19.6. The Hall–Kier alpha value is -2.11. The lowest BCUT2D eigenvalue weighted by Crippen LogP contribution is -2.30. The van der Waals surface area contributed by atoms with E-state index in [0.717, 1.165) is 64.2 Å². The van der Waals surface area contributed by atoms with Crippen molar-refractivity contribution < 1.29 is 28.6 Å². The van der Waals surface area contributed by atoms with E-state index in [1.807, 2.05) is 0 Å². The van der Waals surface area contributed by atoms with Gasteiger partial charge in [-0.05, 0) is 70.6 Å². The number of rotatable bonds is 53. The second-order valence-corrected chi connectivity index (χ2v) is 19.6. The quantitative estimate of drug-likeness (QED) is 0.0262. The molecule has 0 rings (SSSR count). The molecule has 0 amide bonds. The van der Waals surface area contributed by atoms with Crippen LogP contribution in [0.4, 0.5) is 0 Å². The fraction of sp³-hybridized carbons (Fsp3) is 0.881. The molecule has 1 atom stereocenters. The molecule has 0 heterocycles. The molecule has 0 saturated carbocycles. The second kappa shape index (κ2) is 54.5. The van der Waals surface area contributed by atoms with E-state index >= 15 is 0 Å². The molecule has 0 bridgehead atoms. The molecule has 0 saturated heterocycles. The topological polar surface area (TPSA) is 78.9 Å². The van der Waals surface area contributed by atoms with Crippen LogP contribution in [0.5, 0.6) is 0 Å². The summed E-state index contributed by atoms with van der Waals surface area (Å²) in [6.07, 6.45) is 63.1. The van der Waals surface area contributed by atoms with Crippen LogP contribution in [0.15, 0.2) is 24.3 Å². The average molecular weight is 916 g/mol. The summed E-state index contributed by atoms with van der Waals surface area (Å²) in [7, 11) is 0. The lowest BCUT2D eigenvalue weighted by Gasteiger charge is -2.18. The van der Waals surface area contributed by atoms with Gasteiger partial charge in [0.05, 0.1) is 0 Å². The highest BCUT2D eigenvalue weighted by atomic mass is 16.6. The van der Waals surface area contributed by atoms with Crippen molar-refractivity contribution in [3.63, 3.8) is 0 Å². The van der Waals surface area contributed by atoms with Gasteiger partial charge in [0.2, 0.25) is 0 Å². The zero-order chi connectivity index (χ0) is 47.2. The van der Waals surface area contributed by atoms with E-state index in [1.54, 1.807) is 0 Å². The van der Waals surface area contributed by atoms with Crippen molar-refractivity contribution >= 4 is 17.9 Å². The van der Waals surface area contributed by atoms with Crippen LogP contribution in [0.3, 0.4) is 0 Å². The van der Waals surface area contributed by atoms with Crippen LogP contribution in [0.25, 0.3) is 0 Å². The molecule has 0 spiro atoms. The van der Waals surface area contributed by atoms with Gasteiger partial charge >= 0.3 is 17.9 Å². The number of hydrogen-bond donors (Lipinski definition) is 0. The summed E-state index contributed by atoms with van der Waals surface area (Å²) in [5.41, 5.74) is 0. The molecule has 0 fully saturated rings. The maximum Gasteiger partial charge on any atom is 0.306 e. The minimum Gasteiger partial charge on any atom is -0.462 e. The summed E-state index contributed by atoms with van der Waals surface area (Å²) in [4.78, 5) is 38.1. The number of esters is 3. The fourth-order valence-corrected chi connectivity index (χ4v) is 8.55. The molecule has 0 N–H and O–H groups in total. The number of ether oxygens (including phenoxy) is 3. The van der Waals surface area contributed by atoms with Gasteiger partial charge in [0.15, 0.2) is 6.10 Å². The van der Waals surface area contributed by atoms with Crippen molar-refractivity contribution in [3.8, 4) is 0 Å². The van der Waals surface area contributed by atoms with Crippen LogP contribution < -0.4 is 0 Å². The van der Waals surface area contributed by atoms with Crippen LogP contribution >= 0.6 is 0 Å². The first kappa shape index (κ1) is 62.9. The van der Waals surface area contributed by atoms with Crippen molar-refractivity contribution in [1.29, 1.82) is 0 Å². The molecule has 65 heavy (non-hydrogen) atoms. The Balaban J connectivity index is 4.32. The first-order valence-electron chi connectivity index (χ1n) is 28.8. The Labute approximate surface area is 404 Å². The third-order valence-corrected chi connectivity index (χ3v) is 12.9. The van der Waals surface area contributed by atoms with E-state index in [9.17, 15) is 14.4 Å². The van der Waals surface area contributed by atoms with Gasteiger partial charge in [-0.1, -0.05) is 251 Å². The largest absolute Gasteiger partial charge is 0.462 e. The molecule has 382 valence electrons. The van der Waals surface area contributed by atoms with Crippen LogP contribution in [-0.2, 0) is 28.6 Å².